The van der Waals surface area contributed by atoms with Crippen LogP contribution in [0.1, 0.15) is 6.42 Å². The Morgan fingerprint density at radius 2 is 2.71 bits per heavy atom. The second-order valence-corrected chi connectivity index (χ2v) is 1.71. The first-order valence-electron chi connectivity index (χ1n) is 2.44. The first kappa shape index (κ1) is 4.57. The highest BCUT2D eigenvalue weighted by molar-refractivity contribution is 5.59. The van der Waals surface area contributed by atoms with Crippen molar-refractivity contribution in [2.75, 3.05) is 6.54 Å². The van der Waals surface area contributed by atoms with Gasteiger partial charge in [0, 0.05) is 12.6 Å². The summed E-state index contributed by atoms with van der Waals surface area (Å²) in [6.07, 6.45) is 2.88. The van der Waals surface area contributed by atoms with Gasteiger partial charge >= 0.3 is 0 Å². The number of hydrogen-bond acceptors (Lipinski definition) is 1. The van der Waals surface area contributed by atoms with Crippen LogP contribution >= 0.6 is 0 Å². The largest absolute Gasteiger partial charge is 0.311 e. The van der Waals surface area contributed by atoms with Crippen molar-refractivity contribution in [2.45, 2.75) is 12.5 Å². The minimum atomic E-state index is 0.713. The van der Waals surface area contributed by atoms with Crippen molar-refractivity contribution in [1.82, 2.24) is 9.98 Å². The van der Waals surface area contributed by atoms with E-state index in [4.69, 9.17) is 0 Å². The summed E-state index contributed by atoms with van der Waals surface area (Å²) in [6, 6.07) is 0.713. The summed E-state index contributed by atoms with van der Waals surface area (Å²) in [5.41, 5.74) is 0. The minimum Gasteiger partial charge on any atom is -0.311 e. The summed E-state index contributed by atoms with van der Waals surface area (Å²) in [6.45, 7) is 4.49. The molecule has 0 amide bonds. The lowest BCUT2D eigenvalue weighted by Gasteiger charge is -1.68. The van der Waals surface area contributed by atoms with Gasteiger partial charge in [-0.15, -0.1) is 4.67 Å². The Labute approximate surface area is 43.0 Å². The van der Waals surface area contributed by atoms with Crippen molar-refractivity contribution < 1.29 is 0 Å². The molecule has 1 aliphatic rings. The molecular formula is C5H9N2+. The highest BCUT2D eigenvalue weighted by Crippen LogP contribution is 1.97. The van der Waals surface area contributed by atoms with Gasteiger partial charge < -0.3 is 5.32 Å². The van der Waals surface area contributed by atoms with E-state index in [0.717, 1.165) is 13.0 Å². The predicted molar refractivity (Wildman–Crippen MR) is 31.7 cm³/mol. The molecule has 1 fully saturated rings. The lowest BCUT2D eigenvalue weighted by Crippen LogP contribution is -1.90. The summed E-state index contributed by atoms with van der Waals surface area (Å²) in [5.74, 6) is 0. The molecule has 0 aromatic heterocycles. The van der Waals surface area contributed by atoms with Gasteiger partial charge in [0.05, 0.1) is 6.42 Å². The van der Waals surface area contributed by atoms with E-state index in [1.807, 2.05) is 6.21 Å². The molecule has 1 atom stereocenters. The third kappa shape index (κ3) is 1.53. The van der Waals surface area contributed by atoms with E-state index in [0.29, 0.717) is 6.04 Å². The Kier molecular flexibility index (Phi) is 1.25. The molecule has 1 saturated heterocycles. The van der Waals surface area contributed by atoms with Crippen LogP contribution in [0.15, 0.2) is 0 Å². The maximum Gasteiger partial charge on any atom is 0.269 e. The molecule has 0 aromatic rings. The molecule has 1 rings (SSSR count). The predicted octanol–water partition coefficient (Wildman–Crippen LogP) is -0.813. The number of nitrogens with zero attached hydrogens (tertiary/aromatic N) is 1. The molecule has 2 heteroatoms. The van der Waals surface area contributed by atoms with Gasteiger partial charge in [-0.1, -0.05) is 0 Å². The lowest BCUT2D eigenvalue weighted by molar-refractivity contribution is 1.02. The highest BCUT2D eigenvalue weighted by Gasteiger charge is 2.19. The molecule has 1 aliphatic heterocycles. The topological polar surface area (TPSA) is 36.0 Å². The van der Waals surface area contributed by atoms with E-state index in [2.05, 4.69) is 16.7 Å². The minimum absolute atomic E-state index is 0.713. The van der Waals surface area contributed by atoms with Gasteiger partial charge in [0.15, 0.2) is 0 Å². The zero-order valence-corrected chi connectivity index (χ0v) is 4.22. The van der Waals surface area contributed by atoms with Crippen molar-refractivity contribution in [1.29, 1.82) is 0 Å². The molecule has 1 heterocycles. The molecule has 38 valence electrons. The summed E-state index contributed by atoms with van der Waals surface area (Å²) < 4.78 is 3.60. The number of nitrogens with one attached hydrogen (secondary N) is 1. The van der Waals surface area contributed by atoms with Gasteiger partial charge in [-0.3, -0.25) is 0 Å². The Morgan fingerprint density at radius 3 is 3.14 bits per heavy atom. The van der Waals surface area contributed by atoms with E-state index in [9.17, 15) is 0 Å². The zero-order valence-electron chi connectivity index (χ0n) is 4.22. The van der Waals surface area contributed by atoms with Crippen molar-refractivity contribution in [3.63, 3.8) is 0 Å². The van der Waals surface area contributed by atoms with Crippen LogP contribution in [0.25, 0.3) is 0 Å². The number of rotatable bonds is 2. The first-order chi connectivity index (χ1) is 3.43. The fraction of sp³-hybridized carbons (Fsp3) is 0.600. The van der Waals surface area contributed by atoms with Gasteiger partial charge in [-0.25, -0.2) is 0 Å². The first-order valence-corrected chi connectivity index (χ1v) is 2.44. The van der Waals surface area contributed by atoms with E-state index >= 15 is 0 Å². The van der Waals surface area contributed by atoms with E-state index < -0.39 is 0 Å². The molecule has 0 aromatic carbocycles. The monoisotopic (exact) mass is 97.1 g/mol. The highest BCUT2D eigenvalue weighted by atomic mass is 15.1. The molecule has 1 N–H and O–H groups in total. The Balaban J connectivity index is 2.09. The molecule has 0 radical (unpaired) electrons. The van der Waals surface area contributed by atoms with Crippen molar-refractivity contribution in [2.24, 2.45) is 0 Å². The molecule has 2 nitrogen and oxygen atoms in total. The normalized spacial score (nSPS) is 26.0. The van der Waals surface area contributed by atoms with Gasteiger partial charge in [-0.05, 0) is 0 Å². The summed E-state index contributed by atoms with van der Waals surface area (Å²) in [5, 5.41) is 3.15. The standard InChI is InChI=1S/C5H9N2/c1-6-3-2-5-4-7-5/h3,5,7H,1-2,4H2/q+1. The Bertz CT molecular complexity index is 98.6. The van der Waals surface area contributed by atoms with E-state index in [-0.39, 0.29) is 0 Å². The average molecular weight is 97.1 g/mol. The summed E-state index contributed by atoms with van der Waals surface area (Å²) in [4.78, 5) is 0. The summed E-state index contributed by atoms with van der Waals surface area (Å²) in [7, 11) is 0. The van der Waals surface area contributed by atoms with Crippen molar-refractivity contribution in [3.8, 4) is 0 Å². The molecular weight excluding hydrogens is 88.1 g/mol. The Morgan fingerprint density at radius 1 is 2.00 bits per heavy atom. The van der Waals surface area contributed by atoms with Crippen LogP contribution in [0.3, 0.4) is 0 Å². The second kappa shape index (κ2) is 1.92. The second-order valence-electron chi connectivity index (χ2n) is 1.71. The van der Waals surface area contributed by atoms with Gasteiger partial charge in [-0.2, -0.15) is 0 Å². The molecule has 0 bridgehead atoms. The molecule has 0 spiro atoms. The van der Waals surface area contributed by atoms with Crippen LogP contribution in [0.4, 0.5) is 0 Å². The van der Waals surface area contributed by atoms with Crippen molar-refractivity contribution >= 4 is 12.9 Å². The van der Waals surface area contributed by atoms with Gasteiger partial charge in [0.2, 0.25) is 0 Å². The third-order valence-corrected chi connectivity index (χ3v) is 1.01. The smallest absolute Gasteiger partial charge is 0.269 e. The van der Waals surface area contributed by atoms with Gasteiger partial charge in [0.1, 0.15) is 0 Å². The van der Waals surface area contributed by atoms with Crippen molar-refractivity contribution in [3.05, 3.63) is 0 Å². The van der Waals surface area contributed by atoms with Crippen LogP contribution in [-0.4, -0.2) is 25.5 Å². The lowest BCUT2D eigenvalue weighted by atomic mass is 10.4. The third-order valence-electron chi connectivity index (χ3n) is 1.01. The number of hydrogen-bond donors (Lipinski definition) is 1. The average Bonchev–Trinajstić information content (AvgIpc) is 2.42. The van der Waals surface area contributed by atoms with Crippen LogP contribution in [0, 0.1) is 0 Å². The SMILES string of the molecule is C=[N+]=CCC1CN1. The molecule has 7 heavy (non-hydrogen) atoms. The fourth-order valence-corrected chi connectivity index (χ4v) is 0.452. The summed E-state index contributed by atoms with van der Waals surface area (Å²) >= 11 is 0. The van der Waals surface area contributed by atoms with Crippen LogP contribution < -0.4 is 9.98 Å². The van der Waals surface area contributed by atoms with E-state index in [1.54, 1.807) is 0 Å². The van der Waals surface area contributed by atoms with Crippen LogP contribution in [0.2, 0.25) is 0 Å². The molecule has 1 unspecified atom stereocenters. The maximum atomic E-state index is 3.60. The molecule has 0 aliphatic carbocycles. The maximum absolute atomic E-state index is 3.60. The van der Waals surface area contributed by atoms with Crippen LogP contribution in [0.5, 0.6) is 0 Å². The zero-order chi connectivity index (χ0) is 5.11. The fourth-order valence-electron chi connectivity index (χ4n) is 0.452. The van der Waals surface area contributed by atoms with E-state index in [1.165, 1.54) is 0 Å². The Hall–Kier alpha value is -0.590. The van der Waals surface area contributed by atoms with Gasteiger partial charge in [0.25, 0.3) is 12.9 Å². The quantitative estimate of drug-likeness (QED) is 0.273. The molecule has 0 saturated carbocycles. The van der Waals surface area contributed by atoms with Crippen LogP contribution in [-0.2, 0) is 0 Å².